The predicted octanol–water partition coefficient (Wildman–Crippen LogP) is 4.77. The lowest BCUT2D eigenvalue weighted by molar-refractivity contribution is 0.0955. The molecule has 1 amide bonds. The zero-order chi connectivity index (χ0) is 15.8. The van der Waals surface area contributed by atoms with Crippen molar-refractivity contribution >= 4 is 27.5 Å². The zero-order valence-corrected chi connectivity index (χ0v) is 14.1. The summed E-state index contributed by atoms with van der Waals surface area (Å²) in [4.78, 5) is 12.1. The average molecular weight is 359 g/mol. The van der Waals surface area contributed by atoms with E-state index >= 15 is 0 Å². The molecular weight excluding hydrogens is 340 g/mol. The van der Waals surface area contributed by atoms with Crippen LogP contribution in [0.15, 0.2) is 64.2 Å². The molecule has 114 valence electrons. The summed E-state index contributed by atoms with van der Waals surface area (Å²) in [5.41, 5.74) is 5.21. The van der Waals surface area contributed by atoms with E-state index < -0.39 is 0 Å². The smallest absolute Gasteiger partial charge is 0.267 e. The summed E-state index contributed by atoms with van der Waals surface area (Å²) < 4.78 is 0.945. The van der Waals surface area contributed by atoms with Gasteiger partial charge in [-0.05, 0) is 42.7 Å². The van der Waals surface area contributed by atoms with Crippen LogP contribution in [-0.2, 0) is 0 Å². The Morgan fingerprint density at radius 3 is 2.36 bits per heavy atom. The van der Waals surface area contributed by atoms with Gasteiger partial charge in [-0.2, -0.15) is 5.10 Å². The molecule has 0 saturated carbocycles. The Bertz CT molecular complexity index is 636. The van der Waals surface area contributed by atoms with E-state index in [-0.39, 0.29) is 5.91 Å². The lowest BCUT2D eigenvalue weighted by atomic mass is 10.1. The number of hydrazone groups is 1. The molecule has 0 aliphatic carbocycles. The zero-order valence-electron chi connectivity index (χ0n) is 12.6. The first kappa shape index (κ1) is 16.4. The van der Waals surface area contributed by atoms with Crippen LogP contribution in [0, 0.1) is 0 Å². The Balaban J connectivity index is 2.12. The summed E-state index contributed by atoms with van der Waals surface area (Å²) in [6, 6.07) is 17.2. The number of rotatable bonds is 6. The van der Waals surface area contributed by atoms with Crippen molar-refractivity contribution in [1.29, 1.82) is 0 Å². The summed E-state index contributed by atoms with van der Waals surface area (Å²) in [5.74, 6) is -0.197. The summed E-state index contributed by atoms with van der Waals surface area (Å²) >= 11 is 3.36. The van der Waals surface area contributed by atoms with Crippen molar-refractivity contribution in [3.63, 3.8) is 0 Å². The van der Waals surface area contributed by atoms with Crippen LogP contribution < -0.4 is 5.43 Å². The van der Waals surface area contributed by atoms with Gasteiger partial charge in [0.05, 0.1) is 5.71 Å². The molecule has 0 aliphatic rings. The first-order valence-corrected chi connectivity index (χ1v) is 8.18. The summed E-state index contributed by atoms with van der Waals surface area (Å²) in [7, 11) is 0. The molecular formula is C18H19BrN2O. The Morgan fingerprint density at radius 2 is 1.73 bits per heavy atom. The van der Waals surface area contributed by atoms with Crippen LogP contribution in [0.4, 0.5) is 0 Å². The van der Waals surface area contributed by atoms with Crippen LogP contribution in [0.25, 0.3) is 0 Å². The van der Waals surface area contributed by atoms with E-state index in [1.807, 2.05) is 42.5 Å². The highest BCUT2D eigenvalue weighted by atomic mass is 79.9. The van der Waals surface area contributed by atoms with Gasteiger partial charge in [-0.1, -0.05) is 59.6 Å². The molecule has 2 rings (SSSR count). The van der Waals surface area contributed by atoms with Gasteiger partial charge in [0.1, 0.15) is 0 Å². The number of amides is 1. The van der Waals surface area contributed by atoms with Crippen LogP contribution in [0.3, 0.4) is 0 Å². The minimum absolute atomic E-state index is 0.197. The van der Waals surface area contributed by atoms with Crippen LogP contribution >= 0.6 is 15.9 Å². The van der Waals surface area contributed by atoms with Gasteiger partial charge in [0.15, 0.2) is 0 Å². The molecule has 0 spiro atoms. The van der Waals surface area contributed by atoms with Gasteiger partial charge in [0.25, 0.3) is 5.91 Å². The van der Waals surface area contributed by atoms with Gasteiger partial charge in [-0.3, -0.25) is 4.79 Å². The van der Waals surface area contributed by atoms with Crippen molar-refractivity contribution in [2.75, 3.05) is 0 Å². The second-order valence-electron chi connectivity index (χ2n) is 4.98. The number of unbranched alkanes of at least 4 members (excludes halogenated alkanes) is 1. The van der Waals surface area contributed by atoms with E-state index in [9.17, 15) is 4.79 Å². The summed E-state index contributed by atoms with van der Waals surface area (Å²) in [6.45, 7) is 2.14. The molecule has 0 aromatic heterocycles. The van der Waals surface area contributed by atoms with E-state index in [4.69, 9.17) is 0 Å². The van der Waals surface area contributed by atoms with Gasteiger partial charge in [0, 0.05) is 10.0 Å². The van der Waals surface area contributed by atoms with E-state index in [1.165, 1.54) is 0 Å². The number of nitrogens with one attached hydrogen (secondary N) is 1. The van der Waals surface area contributed by atoms with Crippen LogP contribution in [0.1, 0.15) is 42.1 Å². The molecule has 4 heteroatoms. The van der Waals surface area contributed by atoms with Crippen molar-refractivity contribution in [3.8, 4) is 0 Å². The lowest BCUT2D eigenvalue weighted by Gasteiger charge is -2.07. The monoisotopic (exact) mass is 358 g/mol. The Morgan fingerprint density at radius 1 is 1.05 bits per heavy atom. The third-order valence-corrected chi connectivity index (χ3v) is 3.80. The SMILES string of the molecule is CCCCC(=NNC(=O)c1ccc(Br)cc1)c1ccccc1. The quantitative estimate of drug-likeness (QED) is 0.586. The maximum Gasteiger partial charge on any atom is 0.271 e. The molecule has 0 saturated heterocycles. The normalized spacial score (nSPS) is 11.3. The third-order valence-electron chi connectivity index (χ3n) is 3.27. The molecule has 1 N–H and O–H groups in total. The van der Waals surface area contributed by atoms with Crippen LogP contribution in [-0.4, -0.2) is 11.6 Å². The average Bonchev–Trinajstić information content (AvgIpc) is 2.56. The number of carbonyl (C=O) groups is 1. The molecule has 2 aromatic carbocycles. The third kappa shape index (κ3) is 4.81. The number of hydrogen-bond donors (Lipinski definition) is 1. The van der Waals surface area contributed by atoms with Crippen molar-refractivity contribution in [2.24, 2.45) is 5.10 Å². The van der Waals surface area contributed by atoms with Gasteiger partial charge in [-0.25, -0.2) is 5.43 Å². The first-order chi connectivity index (χ1) is 10.7. The highest BCUT2D eigenvalue weighted by Gasteiger charge is 2.07. The van der Waals surface area contributed by atoms with E-state index in [0.717, 1.165) is 35.0 Å². The van der Waals surface area contributed by atoms with Crippen molar-refractivity contribution < 1.29 is 4.79 Å². The highest BCUT2D eigenvalue weighted by molar-refractivity contribution is 9.10. The Hall–Kier alpha value is -1.94. The minimum atomic E-state index is -0.197. The number of hydrogen-bond acceptors (Lipinski definition) is 2. The second-order valence-corrected chi connectivity index (χ2v) is 5.89. The topological polar surface area (TPSA) is 41.5 Å². The van der Waals surface area contributed by atoms with E-state index in [1.54, 1.807) is 12.1 Å². The minimum Gasteiger partial charge on any atom is -0.267 e. The predicted molar refractivity (Wildman–Crippen MR) is 94.1 cm³/mol. The molecule has 0 fully saturated rings. The molecule has 2 aromatic rings. The number of halogens is 1. The highest BCUT2D eigenvalue weighted by Crippen LogP contribution is 2.11. The Labute approximate surface area is 139 Å². The summed E-state index contributed by atoms with van der Waals surface area (Å²) in [5, 5.41) is 4.34. The standard InChI is InChI=1S/C18H19BrN2O/c1-2-3-9-17(14-7-5-4-6-8-14)20-21-18(22)15-10-12-16(19)13-11-15/h4-8,10-13H,2-3,9H2,1H3,(H,21,22). The van der Waals surface area contributed by atoms with E-state index in [0.29, 0.717) is 5.56 Å². The first-order valence-electron chi connectivity index (χ1n) is 7.38. The largest absolute Gasteiger partial charge is 0.271 e. The molecule has 3 nitrogen and oxygen atoms in total. The molecule has 0 aliphatic heterocycles. The molecule has 0 atom stereocenters. The fraction of sp³-hybridized carbons (Fsp3) is 0.222. The van der Waals surface area contributed by atoms with E-state index in [2.05, 4.69) is 33.4 Å². The van der Waals surface area contributed by atoms with Gasteiger partial charge in [0.2, 0.25) is 0 Å². The molecule has 0 unspecified atom stereocenters. The number of benzene rings is 2. The van der Waals surface area contributed by atoms with Crippen molar-refractivity contribution in [1.82, 2.24) is 5.43 Å². The molecule has 0 bridgehead atoms. The Kier molecular flexibility index (Phi) is 6.34. The second kappa shape index (κ2) is 8.49. The fourth-order valence-electron chi connectivity index (χ4n) is 2.02. The maximum atomic E-state index is 12.1. The fourth-order valence-corrected chi connectivity index (χ4v) is 2.29. The summed E-state index contributed by atoms with van der Waals surface area (Å²) in [6.07, 6.45) is 2.98. The van der Waals surface area contributed by atoms with Crippen LogP contribution in [0.5, 0.6) is 0 Å². The molecule has 0 radical (unpaired) electrons. The van der Waals surface area contributed by atoms with Crippen molar-refractivity contribution in [3.05, 3.63) is 70.2 Å². The number of nitrogens with zero attached hydrogens (tertiary/aromatic N) is 1. The van der Waals surface area contributed by atoms with Gasteiger partial charge < -0.3 is 0 Å². The number of carbonyl (C=O) groups excluding carboxylic acids is 1. The maximum absolute atomic E-state index is 12.1. The van der Waals surface area contributed by atoms with Crippen molar-refractivity contribution in [2.45, 2.75) is 26.2 Å². The molecule has 0 heterocycles. The van der Waals surface area contributed by atoms with Gasteiger partial charge >= 0.3 is 0 Å². The molecule has 22 heavy (non-hydrogen) atoms. The lowest BCUT2D eigenvalue weighted by Crippen LogP contribution is -2.20. The van der Waals surface area contributed by atoms with Crippen LogP contribution in [0.2, 0.25) is 0 Å². The van der Waals surface area contributed by atoms with Gasteiger partial charge in [-0.15, -0.1) is 0 Å².